The van der Waals surface area contributed by atoms with E-state index < -0.39 is 29.5 Å². The molecule has 0 aliphatic rings. The highest BCUT2D eigenvalue weighted by Gasteiger charge is 2.37. The highest BCUT2D eigenvalue weighted by Crippen LogP contribution is 2.37. The van der Waals surface area contributed by atoms with Gasteiger partial charge in [0.25, 0.3) is 0 Å². The summed E-state index contributed by atoms with van der Waals surface area (Å²) < 4.78 is 81.1. The fraction of sp³-hybridized carbons (Fsp3) is 0.538. The van der Waals surface area contributed by atoms with Gasteiger partial charge in [-0.15, -0.1) is 0 Å². The molecule has 2 N–H and O–H groups in total. The molecule has 0 heterocycles. The summed E-state index contributed by atoms with van der Waals surface area (Å²) in [5.74, 6) is 0. The highest BCUT2D eigenvalue weighted by atomic mass is 19.4. The van der Waals surface area contributed by atoms with E-state index in [2.05, 4.69) is 0 Å². The van der Waals surface area contributed by atoms with Crippen molar-refractivity contribution in [1.29, 1.82) is 0 Å². The topological polar surface area (TPSA) is 35.2 Å². The van der Waals surface area contributed by atoms with Gasteiger partial charge in [-0.1, -0.05) is 6.92 Å². The number of halogens is 6. The number of rotatable bonds is 5. The van der Waals surface area contributed by atoms with Crippen LogP contribution in [0.15, 0.2) is 18.2 Å². The molecule has 0 saturated carbocycles. The van der Waals surface area contributed by atoms with E-state index >= 15 is 0 Å². The predicted octanol–water partition coefficient (Wildman–Crippen LogP) is 4.15. The van der Waals surface area contributed by atoms with E-state index in [9.17, 15) is 26.3 Å². The second-order valence-electron chi connectivity index (χ2n) is 4.52. The average molecular weight is 315 g/mol. The molecule has 1 unspecified atom stereocenters. The van der Waals surface area contributed by atoms with Gasteiger partial charge in [0.1, 0.15) is 0 Å². The molecule has 21 heavy (non-hydrogen) atoms. The van der Waals surface area contributed by atoms with Crippen molar-refractivity contribution >= 4 is 0 Å². The third-order valence-electron chi connectivity index (χ3n) is 2.68. The molecule has 2 nitrogen and oxygen atoms in total. The molecule has 0 aromatic heterocycles. The van der Waals surface area contributed by atoms with Crippen molar-refractivity contribution in [2.24, 2.45) is 5.73 Å². The fourth-order valence-electron chi connectivity index (χ4n) is 1.64. The lowest BCUT2D eigenvalue weighted by atomic mass is 10.0. The minimum atomic E-state index is -4.87. The van der Waals surface area contributed by atoms with Gasteiger partial charge in [-0.3, -0.25) is 0 Å². The Kier molecular flexibility index (Phi) is 5.63. The van der Waals surface area contributed by atoms with Crippen molar-refractivity contribution in [3.05, 3.63) is 34.9 Å². The Morgan fingerprint density at radius 1 is 1.00 bits per heavy atom. The van der Waals surface area contributed by atoms with Crippen LogP contribution in [0.1, 0.15) is 36.1 Å². The van der Waals surface area contributed by atoms with Crippen molar-refractivity contribution in [3.8, 4) is 0 Å². The number of alkyl halides is 6. The summed E-state index contributed by atoms with van der Waals surface area (Å²) in [6, 6.07) is 0.257. The molecule has 0 aliphatic carbocycles. The van der Waals surface area contributed by atoms with Crippen molar-refractivity contribution in [3.63, 3.8) is 0 Å². The van der Waals surface area contributed by atoms with E-state index in [1.165, 1.54) is 0 Å². The first kappa shape index (κ1) is 17.8. The van der Waals surface area contributed by atoms with E-state index in [1.54, 1.807) is 0 Å². The van der Waals surface area contributed by atoms with Crippen molar-refractivity contribution < 1.29 is 31.1 Å². The van der Waals surface area contributed by atoms with Gasteiger partial charge in [-0.25, -0.2) is 0 Å². The Morgan fingerprint density at radius 2 is 1.48 bits per heavy atom. The monoisotopic (exact) mass is 315 g/mol. The molecule has 0 radical (unpaired) electrons. The lowest BCUT2D eigenvalue weighted by molar-refractivity contribution is -0.143. The molecule has 0 amide bonds. The van der Waals surface area contributed by atoms with Crippen molar-refractivity contribution in [2.45, 2.75) is 31.7 Å². The van der Waals surface area contributed by atoms with Gasteiger partial charge in [-0.2, -0.15) is 26.3 Å². The normalized spacial score (nSPS) is 14.3. The number of nitrogens with two attached hydrogens (primary N) is 1. The third kappa shape index (κ3) is 5.20. The van der Waals surface area contributed by atoms with Crippen LogP contribution >= 0.6 is 0 Å². The molecule has 0 fully saturated rings. The van der Waals surface area contributed by atoms with Crippen LogP contribution in [0.2, 0.25) is 0 Å². The van der Waals surface area contributed by atoms with Gasteiger partial charge >= 0.3 is 12.4 Å². The zero-order chi connectivity index (χ0) is 16.3. The van der Waals surface area contributed by atoms with Crippen LogP contribution in [-0.4, -0.2) is 13.2 Å². The maximum absolute atomic E-state index is 12.7. The average Bonchev–Trinajstić information content (AvgIpc) is 2.36. The van der Waals surface area contributed by atoms with Crippen LogP contribution in [-0.2, 0) is 17.1 Å². The van der Waals surface area contributed by atoms with Gasteiger partial charge < -0.3 is 10.5 Å². The highest BCUT2D eigenvalue weighted by molar-refractivity contribution is 5.35. The summed E-state index contributed by atoms with van der Waals surface area (Å²) >= 11 is 0. The number of benzene rings is 1. The summed E-state index contributed by atoms with van der Waals surface area (Å²) in [7, 11) is 0. The summed E-state index contributed by atoms with van der Waals surface area (Å²) in [5, 5.41) is 0. The predicted molar refractivity (Wildman–Crippen MR) is 64.5 cm³/mol. The largest absolute Gasteiger partial charge is 0.416 e. The first-order chi connectivity index (χ1) is 9.55. The van der Waals surface area contributed by atoms with Crippen LogP contribution in [0.5, 0.6) is 0 Å². The molecule has 120 valence electrons. The summed E-state index contributed by atoms with van der Waals surface area (Å²) in [6.45, 7) is 2.00. The smallest absolute Gasteiger partial charge is 0.379 e. The first-order valence-corrected chi connectivity index (χ1v) is 6.18. The van der Waals surface area contributed by atoms with Gasteiger partial charge in [0.2, 0.25) is 0 Å². The molecule has 0 saturated heterocycles. The summed E-state index contributed by atoms with van der Waals surface area (Å²) in [4.78, 5) is 0. The molecule has 8 heteroatoms. The fourth-order valence-corrected chi connectivity index (χ4v) is 1.64. The van der Waals surface area contributed by atoms with Crippen LogP contribution in [0.4, 0.5) is 26.3 Å². The summed E-state index contributed by atoms with van der Waals surface area (Å²) in [5.41, 5.74) is 2.59. The minimum Gasteiger partial charge on any atom is -0.379 e. The van der Waals surface area contributed by atoms with Gasteiger partial charge in [0, 0.05) is 6.61 Å². The Balaban J connectivity index is 3.13. The SMILES string of the molecule is CCCOCC(N)c1cc(C(F)(F)F)cc(C(F)(F)F)c1. The Labute approximate surface area is 117 Å². The second kappa shape index (κ2) is 6.65. The minimum absolute atomic E-state index is 0.0725. The van der Waals surface area contributed by atoms with Crippen molar-refractivity contribution in [2.75, 3.05) is 13.2 Å². The molecule has 1 aromatic rings. The van der Waals surface area contributed by atoms with E-state index in [1.807, 2.05) is 6.92 Å². The van der Waals surface area contributed by atoms with Gasteiger partial charge in [0.05, 0.1) is 23.8 Å². The van der Waals surface area contributed by atoms with Crippen LogP contribution in [0.3, 0.4) is 0 Å². The second-order valence-corrected chi connectivity index (χ2v) is 4.52. The van der Waals surface area contributed by atoms with Crippen LogP contribution in [0, 0.1) is 0 Å². The molecule has 1 atom stereocenters. The Bertz CT molecular complexity index is 436. The maximum Gasteiger partial charge on any atom is 0.416 e. The lowest BCUT2D eigenvalue weighted by Crippen LogP contribution is -2.20. The molecule has 0 aliphatic heterocycles. The molecule has 0 spiro atoms. The zero-order valence-electron chi connectivity index (χ0n) is 11.2. The molecule has 1 aromatic carbocycles. The Hall–Kier alpha value is -1.28. The molecular weight excluding hydrogens is 300 g/mol. The molecular formula is C13H15F6NO. The number of hydrogen-bond acceptors (Lipinski definition) is 2. The van der Waals surface area contributed by atoms with Gasteiger partial charge in [-0.05, 0) is 30.2 Å². The molecule has 1 rings (SSSR count). The van der Waals surface area contributed by atoms with Crippen LogP contribution in [0.25, 0.3) is 0 Å². The van der Waals surface area contributed by atoms with Crippen molar-refractivity contribution in [1.82, 2.24) is 0 Å². The number of hydrogen-bond donors (Lipinski definition) is 1. The van der Waals surface area contributed by atoms with E-state index in [-0.39, 0.29) is 18.2 Å². The quantitative estimate of drug-likeness (QED) is 0.654. The third-order valence-corrected chi connectivity index (χ3v) is 2.68. The van der Waals surface area contributed by atoms with E-state index in [0.717, 1.165) is 0 Å². The maximum atomic E-state index is 12.7. The van der Waals surface area contributed by atoms with E-state index in [4.69, 9.17) is 10.5 Å². The number of ether oxygens (including phenoxy) is 1. The zero-order valence-corrected chi connectivity index (χ0v) is 11.2. The van der Waals surface area contributed by atoms with E-state index in [0.29, 0.717) is 25.2 Å². The van der Waals surface area contributed by atoms with Gasteiger partial charge in [0.15, 0.2) is 0 Å². The molecule has 0 bridgehead atoms. The van der Waals surface area contributed by atoms with Crippen LogP contribution < -0.4 is 5.73 Å². The lowest BCUT2D eigenvalue weighted by Gasteiger charge is -2.18. The summed E-state index contributed by atoms with van der Waals surface area (Å²) in [6.07, 6.45) is -9.08. The standard InChI is InChI=1S/C13H15F6NO/c1-2-3-21-7-11(20)8-4-9(12(14,15)16)6-10(5-8)13(17,18)19/h4-6,11H,2-3,7,20H2,1H3. The first-order valence-electron chi connectivity index (χ1n) is 6.18. The Morgan fingerprint density at radius 3 is 1.86 bits per heavy atom.